The lowest BCUT2D eigenvalue weighted by atomic mass is 9.64. The molecule has 2 aromatic carbocycles. The average Bonchev–Trinajstić information content (AvgIpc) is 3.02. The fraction of sp³-hybridized carbons (Fsp3) is 0.290. The molecule has 1 saturated heterocycles. The van der Waals surface area contributed by atoms with E-state index in [1.165, 1.54) is 24.3 Å². The Balaban J connectivity index is 1.65. The number of nitrogens with zero attached hydrogens (tertiary/aromatic N) is 1. The summed E-state index contributed by atoms with van der Waals surface area (Å²) < 4.78 is 19.6. The lowest BCUT2D eigenvalue weighted by Crippen LogP contribution is -2.40. The highest BCUT2D eigenvalue weighted by atomic mass is 19.1. The summed E-state index contributed by atoms with van der Waals surface area (Å²) in [5.74, 6) is -1.45. The second-order valence-corrected chi connectivity index (χ2v) is 10.4. The van der Waals surface area contributed by atoms with Gasteiger partial charge in [-0.05, 0) is 60.6 Å². The zero-order valence-electron chi connectivity index (χ0n) is 22.0. The van der Waals surface area contributed by atoms with Gasteiger partial charge >= 0.3 is 5.97 Å². The van der Waals surface area contributed by atoms with Crippen molar-refractivity contribution < 1.29 is 23.2 Å². The highest BCUT2D eigenvalue weighted by Gasteiger charge is 2.62. The number of ether oxygens (including phenoxy) is 1. The fourth-order valence-electron chi connectivity index (χ4n) is 5.98. The molecule has 2 aliphatic heterocycles. The minimum Gasteiger partial charge on any atom is -0.461 e. The van der Waals surface area contributed by atoms with E-state index in [0.717, 1.165) is 22.5 Å². The van der Waals surface area contributed by atoms with E-state index in [1.807, 2.05) is 24.3 Å². The van der Waals surface area contributed by atoms with Crippen LogP contribution in [0.1, 0.15) is 22.8 Å². The van der Waals surface area contributed by atoms with Crippen LogP contribution in [0.2, 0.25) is 0 Å². The fourth-order valence-corrected chi connectivity index (χ4v) is 5.98. The minimum atomic E-state index is -0.895. The van der Waals surface area contributed by atoms with Gasteiger partial charge in [0.05, 0.1) is 33.2 Å². The predicted octanol–water partition coefficient (Wildman–Crippen LogP) is 4.25. The number of benzene rings is 2. The molecule has 1 spiro atoms. The number of nitrogens with one attached hydrogen (secondary N) is 2. The number of ketones is 1. The van der Waals surface area contributed by atoms with Crippen molar-refractivity contribution in [3.63, 3.8) is 0 Å². The Labute approximate surface area is 222 Å². The maximum absolute atomic E-state index is 14.2. The van der Waals surface area contributed by atoms with Crippen molar-refractivity contribution in [1.82, 2.24) is 10.6 Å². The third kappa shape index (κ3) is 4.47. The minimum absolute atomic E-state index is 0.0869. The molecule has 0 radical (unpaired) electrons. The molecular formula is C31H33FN3O3+. The standard InChI is InChI=1S/C31H33FN3O3/c1-4-38-30(37)27-18-31-24(16-17-33-27)26(34-19-21-8-6-5-7-9-21)14-15-28(31)35(2,3)20-25(31)29(36)22-10-12-23(32)13-11-22/h5-16,18,25,33-34H,4,17,19-20H2,1-3H3/q+1. The van der Waals surface area contributed by atoms with Crippen molar-refractivity contribution in [2.24, 2.45) is 11.3 Å². The van der Waals surface area contributed by atoms with Crippen molar-refractivity contribution in [1.29, 1.82) is 0 Å². The van der Waals surface area contributed by atoms with Crippen LogP contribution in [-0.4, -0.2) is 50.0 Å². The topological polar surface area (TPSA) is 67.4 Å². The molecule has 6 nitrogen and oxygen atoms in total. The maximum Gasteiger partial charge on any atom is 0.354 e. The van der Waals surface area contributed by atoms with Crippen LogP contribution in [0.15, 0.2) is 102 Å². The lowest BCUT2D eigenvalue weighted by Gasteiger charge is -2.38. The summed E-state index contributed by atoms with van der Waals surface area (Å²) in [5.41, 5.74) is 3.89. The van der Waals surface area contributed by atoms with Crippen LogP contribution in [0.5, 0.6) is 0 Å². The van der Waals surface area contributed by atoms with E-state index in [9.17, 15) is 14.0 Å². The molecular weight excluding hydrogens is 481 g/mol. The Kier molecular flexibility index (Phi) is 6.80. The SMILES string of the molecule is CCOC(=O)C1=CC23C(=CCN1)C(NCc1ccccc1)=CC=C2[N+](C)(C)CC3C(=O)c1ccc(F)cc1. The van der Waals surface area contributed by atoms with Crippen molar-refractivity contribution >= 4 is 11.8 Å². The first-order valence-corrected chi connectivity index (χ1v) is 12.9. The molecule has 1 fully saturated rings. The molecule has 196 valence electrons. The van der Waals surface area contributed by atoms with E-state index in [1.54, 1.807) is 6.92 Å². The molecule has 0 amide bonds. The molecule has 7 heteroatoms. The third-order valence-corrected chi connectivity index (χ3v) is 7.65. The Morgan fingerprint density at radius 3 is 2.55 bits per heavy atom. The molecule has 1 aliphatic carbocycles. The number of carbonyl (C=O) groups excluding carboxylic acids is 2. The van der Waals surface area contributed by atoms with Crippen LogP contribution >= 0.6 is 0 Å². The van der Waals surface area contributed by atoms with Crippen LogP contribution in [-0.2, 0) is 16.1 Å². The Bertz CT molecular complexity index is 1370. The second-order valence-electron chi connectivity index (χ2n) is 10.4. The predicted molar refractivity (Wildman–Crippen MR) is 144 cm³/mol. The maximum atomic E-state index is 14.2. The molecule has 2 heterocycles. The summed E-state index contributed by atoms with van der Waals surface area (Å²) in [6, 6.07) is 15.8. The van der Waals surface area contributed by atoms with Crippen LogP contribution in [0, 0.1) is 17.2 Å². The van der Waals surface area contributed by atoms with E-state index in [2.05, 4.69) is 55.1 Å². The summed E-state index contributed by atoms with van der Waals surface area (Å²) in [7, 11) is 4.16. The monoisotopic (exact) mass is 514 g/mol. The van der Waals surface area contributed by atoms with Crippen LogP contribution in [0.25, 0.3) is 0 Å². The molecule has 0 aromatic heterocycles. The number of esters is 1. The summed E-state index contributed by atoms with van der Waals surface area (Å²) in [6.07, 6.45) is 8.10. The van der Waals surface area contributed by atoms with Gasteiger partial charge in [-0.2, -0.15) is 0 Å². The number of quaternary nitrogens is 1. The number of likely N-dealkylation sites (tertiary alicyclic amines) is 1. The first kappa shape index (κ1) is 25.7. The van der Waals surface area contributed by atoms with Gasteiger partial charge in [-0.3, -0.25) is 9.28 Å². The molecule has 3 aliphatic rings. The molecule has 2 atom stereocenters. The summed E-state index contributed by atoms with van der Waals surface area (Å²) in [6.45, 7) is 3.56. The van der Waals surface area contributed by atoms with Gasteiger partial charge in [0.25, 0.3) is 0 Å². The molecule has 0 bridgehead atoms. The molecule has 2 aromatic rings. The molecule has 38 heavy (non-hydrogen) atoms. The zero-order valence-corrected chi connectivity index (χ0v) is 22.0. The molecule has 0 saturated carbocycles. The van der Waals surface area contributed by atoms with E-state index in [4.69, 9.17) is 4.74 Å². The highest BCUT2D eigenvalue weighted by Crippen LogP contribution is 2.58. The van der Waals surface area contributed by atoms with E-state index >= 15 is 0 Å². The largest absolute Gasteiger partial charge is 0.461 e. The lowest BCUT2D eigenvalue weighted by molar-refractivity contribution is -0.845. The molecule has 2 N–H and O–H groups in total. The number of hydrogen-bond acceptors (Lipinski definition) is 5. The smallest absolute Gasteiger partial charge is 0.354 e. The van der Waals surface area contributed by atoms with E-state index in [-0.39, 0.29) is 18.2 Å². The quantitative estimate of drug-likeness (QED) is 0.329. The van der Waals surface area contributed by atoms with Gasteiger partial charge in [-0.25, -0.2) is 9.18 Å². The number of rotatable bonds is 7. The second kappa shape index (κ2) is 10.1. The molecule has 5 rings (SSSR count). The Hall–Kier alpha value is -3.97. The van der Waals surface area contributed by atoms with Crippen LogP contribution in [0.3, 0.4) is 0 Å². The van der Waals surface area contributed by atoms with Gasteiger partial charge in [0.2, 0.25) is 0 Å². The van der Waals surface area contributed by atoms with Crippen molar-refractivity contribution in [3.05, 3.63) is 119 Å². The number of Topliss-reactive ketones (excluding diaryl/α,β-unsaturated/α-hetero) is 1. The van der Waals surface area contributed by atoms with Gasteiger partial charge < -0.3 is 15.4 Å². The van der Waals surface area contributed by atoms with Crippen LogP contribution < -0.4 is 10.6 Å². The average molecular weight is 515 g/mol. The normalized spacial score (nSPS) is 23.3. The van der Waals surface area contributed by atoms with Gasteiger partial charge in [0, 0.05) is 24.4 Å². The van der Waals surface area contributed by atoms with E-state index in [0.29, 0.717) is 35.4 Å². The number of hydrogen-bond donors (Lipinski definition) is 2. The van der Waals surface area contributed by atoms with Crippen molar-refractivity contribution in [3.8, 4) is 0 Å². The number of carbonyl (C=O) groups is 2. The Morgan fingerprint density at radius 1 is 1.11 bits per heavy atom. The van der Waals surface area contributed by atoms with Crippen LogP contribution in [0.4, 0.5) is 4.39 Å². The van der Waals surface area contributed by atoms with Gasteiger partial charge in [-0.1, -0.05) is 36.4 Å². The van der Waals surface area contributed by atoms with E-state index < -0.39 is 17.3 Å². The summed E-state index contributed by atoms with van der Waals surface area (Å²) in [4.78, 5) is 27.1. The van der Waals surface area contributed by atoms with Crippen molar-refractivity contribution in [2.45, 2.75) is 13.5 Å². The zero-order chi connectivity index (χ0) is 26.9. The Morgan fingerprint density at radius 2 is 1.84 bits per heavy atom. The first-order valence-electron chi connectivity index (χ1n) is 12.9. The van der Waals surface area contributed by atoms with Gasteiger partial charge in [0.1, 0.15) is 22.6 Å². The van der Waals surface area contributed by atoms with Gasteiger partial charge in [0.15, 0.2) is 5.78 Å². The van der Waals surface area contributed by atoms with Crippen molar-refractivity contribution in [2.75, 3.05) is 33.8 Å². The third-order valence-electron chi connectivity index (χ3n) is 7.65. The molecule has 2 unspecified atom stereocenters. The summed E-state index contributed by atoms with van der Waals surface area (Å²) in [5, 5.41) is 6.80. The first-order chi connectivity index (χ1) is 18.3. The van der Waals surface area contributed by atoms with Gasteiger partial charge in [-0.15, -0.1) is 0 Å². The number of allylic oxidation sites excluding steroid dienone is 4. The summed E-state index contributed by atoms with van der Waals surface area (Å²) >= 11 is 0. The number of halogens is 1. The highest BCUT2D eigenvalue weighted by molar-refractivity contribution is 6.00.